The molecule has 0 radical (unpaired) electrons. The molecule has 0 aliphatic rings. The number of carbonyl (C=O) groups is 1. The third kappa shape index (κ3) is 3.06. The van der Waals surface area contributed by atoms with Crippen LogP contribution < -0.4 is 15.6 Å². The van der Waals surface area contributed by atoms with Crippen molar-refractivity contribution >= 4 is 17.3 Å². The van der Waals surface area contributed by atoms with Crippen LogP contribution in [-0.2, 0) is 0 Å². The molecule has 1 aromatic heterocycles. The van der Waals surface area contributed by atoms with Gasteiger partial charge >= 0.3 is 0 Å². The van der Waals surface area contributed by atoms with Crippen LogP contribution >= 0.6 is 0 Å². The molecule has 0 bridgehead atoms. The molecule has 0 fully saturated rings. The maximum atomic E-state index is 12.1. The van der Waals surface area contributed by atoms with Crippen molar-refractivity contribution in [3.05, 3.63) is 58.0 Å². The molecular formula is C15H17N3O2. The summed E-state index contributed by atoms with van der Waals surface area (Å²) in [5, 5.41) is 2.73. The van der Waals surface area contributed by atoms with Gasteiger partial charge in [0.15, 0.2) is 5.43 Å². The number of amides is 1. The van der Waals surface area contributed by atoms with Gasteiger partial charge < -0.3 is 15.2 Å². The number of nitrogens with one attached hydrogen (secondary N) is 2. The first-order valence-corrected chi connectivity index (χ1v) is 6.25. The van der Waals surface area contributed by atoms with E-state index in [1.807, 2.05) is 37.2 Å². The first kappa shape index (κ1) is 13.9. The molecule has 1 aromatic carbocycles. The summed E-state index contributed by atoms with van der Waals surface area (Å²) in [5.41, 5.74) is 2.16. The van der Waals surface area contributed by atoms with Crippen molar-refractivity contribution < 1.29 is 4.79 Å². The fraction of sp³-hybridized carbons (Fsp3) is 0.200. The summed E-state index contributed by atoms with van der Waals surface area (Å²) in [6, 6.07) is 8.83. The summed E-state index contributed by atoms with van der Waals surface area (Å²) in [7, 11) is 3.84. The van der Waals surface area contributed by atoms with Gasteiger partial charge in [0.2, 0.25) is 0 Å². The number of aromatic nitrogens is 1. The molecule has 1 heterocycles. The number of H-pyrrole nitrogens is 1. The molecule has 1 amide bonds. The Morgan fingerprint density at radius 3 is 2.65 bits per heavy atom. The lowest BCUT2D eigenvalue weighted by Crippen LogP contribution is -2.21. The number of benzene rings is 1. The van der Waals surface area contributed by atoms with Crippen LogP contribution in [0.1, 0.15) is 16.1 Å². The lowest BCUT2D eigenvalue weighted by atomic mass is 10.2. The fourth-order valence-electron chi connectivity index (χ4n) is 1.81. The van der Waals surface area contributed by atoms with Crippen LogP contribution in [0.15, 0.2) is 41.3 Å². The van der Waals surface area contributed by atoms with Crippen molar-refractivity contribution in [1.29, 1.82) is 0 Å². The van der Waals surface area contributed by atoms with E-state index in [0.717, 1.165) is 11.4 Å². The van der Waals surface area contributed by atoms with Crippen molar-refractivity contribution in [2.45, 2.75) is 6.92 Å². The number of aromatic amines is 1. The highest BCUT2D eigenvalue weighted by molar-refractivity contribution is 6.04. The minimum atomic E-state index is -0.415. The molecule has 104 valence electrons. The molecule has 0 aliphatic heterocycles. The van der Waals surface area contributed by atoms with Gasteiger partial charge in [0.1, 0.15) is 5.56 Å². The van der Waals surface area contributed by atoms with E-state index in [-0.39, 0.29) is 11.0 Å². The van der Waals surface area contributed by atoms with E-state index < -0.39 is 5.91 Å². The molecule has 0 saturated carbocycles. The predicted molar refractivity (Wildman–Crippen MR) is 80.5 cm³/mol. The van der Waals surface area contributed by atoms with E-state index in [4.69, 9.17) is 0 Å². The smallest absolute Gasteiger partial charge is 0.261 e. The zero-order valence-electron chi connectivity index (χ0n) is 11.7. The van der Waals surface area contributed by atoms with E-state index in [9.17, 15) is 9.59 Å². The van der Waals surface area contributed by atoms with Gasteiger partial charge in [-0.1, -0.05) is 6.07 Å². The van der Waals surface area contributed by atoms with Gasteiger partial charge in [-0.15, -0.1) is 0 Å². The summed E-state index contributed by atoms with van der Waals surface area (Å²) in [6.07, 6.45) is 1.43. The van der Waals surface area contributed by atoms with Gasteiger partial charge in [0.25, 0.3) is 5.91 Å². The molecule has 5 nitrogen and oxygen atoms in total. The highest BCUT2D eigenvalue weighted by Gasteiger charge is 2.10. The van der Waals surface area contributed by atoms with Gasteiger partial charge in [-0.25, -0.2) is 0 Å². The molecular weight excluding hydrogens is 254 g/mol. The van der Waals surface area contributed by atoms with Crippen LogP contribution in [0.5, 0.6) is 0 Å². The number of hydrogen-bond acceptors (Lipinski definition) is 3. The second-order valence-electron chi connectivity index (χ2n) is 4.79. The van der Waals surface area contributed by atoms with Crippen LogP contribution in [0, 0.1) is 6.92 Å². The molecule has 2 aromatic rings. The Labute approximate surface area is 117 Å². The Kier molecular flexibility index (Phi) is 3.89. The third-order valence-electron chi connectivity index (χ3n) is 2.92. The van der Waals surface area contributed by atoms with Gasteiger partial charge in [0.05, 0.1) is 0 Å². The standard InChI is InChI=1S/C15H17N3O2/c1-10-7-14(19)13(9-16-10)15(20)17-11-5-4-6-12(8-11)18(2)3/h4-9H,1-3H3,(H,16,19)(H,17,20). The van der Waals surface area contributed by atoms with E-state index in [1.165, 1.54) is 12.3 Å². The molecule has 0 unspecified atom stereocenters. The molecule has 0 atom stereocenters. The molecule has 20 heavy (non-hydrogen) atoms. The average Bonchev–Trinajstić information content (AvgIpc) is 2.38. The zero-order chi connectivity index (χ0) is 14.7. The van der Waals surface area contributed by atoms with E-state index >= 15 is 0 Å². The van der Waals surface area contributed by atoms with Crippen molar-refractivity contribution in [2.24, 2.45) is 0 Å². The largest absolute Gasteiger partial charge is 0.378 e. The van der Waals surface area contributed by atoms with Gasteiger partial charge in [-0.05, 0) is 25.1 Å². The Morgan fingerprint density at radius 2 is 2.00 bits per heavy atom. The summed E-state index contributed by atoms with van der Waals surface area (Å²) in [4.78, 5) is 28.6. The minimum absolute atomic E-state index is 0.103. The first-order valence-electron chi connectivity index (χ1n) is 6.25. The maximum Gasteiger partial charge on any atom is 0.261 e. The second kappa shape index (κ2) is 5.61. The molecule has 2 N–H and O–H groups in total. The van der Waals surface area contributed by atoms with E-state index in [1.54, 1.807) is 13.0 Å². The Balaban J connectivity index is 2.23. The van der Waals surface area contributed by atoms with Crippen LogP contribution in [0.3, 0.4) is 0 Å². The summed E-state index contributed by atoms with van der Waals surface area (Å²) >= 11 is 0. The topological polar surface area (TPSA) is 65.2 Å². The lowest BCUT2D eigenvalue weighted by molar-refractivity contribution is 0.102. The van der Waals surface area contributed by atoms with Crippen LogP contribution in [-0.4, -0.2) is 25.0 Å². The fourth-order valence-corrected chi connectivity index (χ4v) is 1.81. The number of nitrogens with zero attached hydrogens (tertiary/aromatic N) is 1. The van der Waals surface area contributed by atoms with E-state index in [0.29, 0.717) is 5.69 Å². The molecule has 0 aliphatic carbocycles. The number of rotatable bonds is 3. The molecule has 5 heteroatoms. The van der Waals surface area contributed by atoms with Crippen LogP contribution in [0.2, 0.25) is 0 Å². The maximum absolute atomic E-state index is 12.1. The predicted octanol–water partition coefficient (Wildman–Crippen LogP) is 2.00. The number of aryl methyl sites for hydroxylation is 1. The first-order chi connectivity index (χ1) is 9.47. The minimum Gasteiger partial charge on any atom is -0.378 e. The summed E-state index contributed by atoms with van der Waals surface area (Å²) in [6.45, 7) is 1.77. The van der Waals surface area contributed by atoms with Crippen molar-refractivity contribution in [1.82, 2.24) is 4.98 Å². The number of hydrogen-bond donors (Lipinski definition) is 2. The lowest BCUT2D eigenvalue weighted by Gasteiger charge is -2.14. The number of pyridine rings is 1. The third-order valence-corrected chi connectivity index (χ3v) is 2.92. The Morgan fingerprint density at radius 1 is 1.25 bits per heavy atom. The number of carbonyl (C=O) groups excluding carboxylic acids is 1. The SMILES string of the molecule is Cc1cc(=O)c(C(=O)Nc2cccc(N(C)C)c2)c[nH]1. The van der Waals surface area contributed by atoms with Gasteiger partial charge in [-0.2, -0.15) is 0 Å². The molecule has 2 rings (SSSR count). The normalized spacial score (nSPS) is 10.2. The van der Waals surface area contributed by atoms with Gasteiger partial charge in [0, 0.05) is 43.4 Å². The quantitative estimate of drug-likeness (QED) is 0.897. The highest BCUT2D eigenvalue weighted by atomic mass is 16.2. The van der Waals surface area contributed by atoms with Crippen LogP contribution in [0.25, 0.3) is 0 Å². The molecule has 0 spiro atoms. The monoisotopic (exact) mass is 271 g/mol. The number of anilines is 2. The summed E-state index contributed by atoms with van der Waals surface area (Å²) in [5.74, 6) is -0.415. The van der Waals surface area contributed by atoms with Crippen molar-refractivity contribution in [3.8, 4) is 0 Å². The van der Waals surface area contributed by atoms with Crippen LogP contribution in [0.4, 0.5) is 11.4 Å². The highest BCUT2D eigenvalue weighted by Crippen LogP contribution is 2.17. The van der Waals surface area contributed by atoms with E-state index in [2.05, 4.69) is 10.3 Å². The average molecular weight is 271 g/mol. The second-order valence-corrected chi connectivity index (χ2v) is 4.79. The summed E-state index contributed by atoms with van der Waals surface area (Å²) < 4.78 is 0. The zero-order valence-corrected chi connectivity index (χ0v) is 11.7. The Hall–Kier alpha value is -2.56. The molecule has 0 saturated heterocycles. The van der Waals surface area contributed by atoms with Crippen molar-refractivity contribution in [3.63, 3.8) is 0 Å². The van der Waals surface area contributed by atoms with Crippen molar-refractivity contribution in [2.75, 3.05) is 24.3 Å². The Bertz CT molecular complexity index is 690. The van der Waals surface area contributed by atoms with Gasteiger partial charge in [-0.3, -0.25) is 9.59 Å².